The summed E-state index contributed by atoms with van der Waals surface area (Å²) in [6.07, 6.45) is -4.61. The van der Waals surface area contributed by atoms with E-state index in [1.165, 1.54) is 13.0 Å². The van der Waals surface area contributed by atoms with Gasteiger partial charge in [0.1, 0.15) is 23.7 Å². The molecule has 3 aromatic rings. The number of benzene rings is 3. The summed E-state index contributed by atoms with van der Waals surface area (Å²) < 4.78 is 58.6. The number of hydrogen-bond acceptors (Lipinski definition) is 3. The predicted molar refractivity (Wildman–Crippen MR) is 118 cm³/mol. The number of carbonyl (C=O) groups excluding carboxylic acids is 1. The van der Waals surface area contributed by atoms with Crippen molar-refractivity contribution in [3.8, 4) is 5.75 Å². The van der Waals surface area contributed by atoms with Crippen molar-refractivity contribution in [1.29, 1.82) is 0 Å². The Morgan fingerprint density at radius 2 is 1.74 bits per heavy atom. The molecule has 0 heterocycles. The van der Waals surface area contributed by atoms with Crippen LogP contribution in [0.1, 0.15) is 41.8 Å². The maximum Gasteiger partial charge on any atom is 0.416 e. The molecule has 0 fully saturated rings. The Kier molecular flexibility index (Phi) is 7.07. The summed E-state index contributed by atoms with van der Waals surface area (Å²) in [6.45, 7) is 2.44. The van der Waals surface area contributed by atoms with Crippen molar-refractivity contribution in [2.45, 2.75) is 38.6 Å². The first kappa shape index (κ1) is 25.3. The lowest BCUT2D eigenvalue weighted by atomic mass is 9.97. The standard InChI is InChI=1S/C24H20ClF4NO4/c1-3-23(2,22(32)33)30-21(31)17-11-18(25)15-6-4-5-7-16(15)20(17)34-12-13-8-9-14(10-19(13)26)24(27,28)29/h4-11H,3,12H2,1-2H3,(H,30,31)(H,32,33). The Morgan fingerprint density at radius 1 is 1.09 bits per heavy atom. The molecule has 0 saturated carbocycles. The van der Waals surface area contributed by atoms with Gasteiger partial charge in [-0.25, -0.2) is 9.18 Å². The number of ether oxygens (including phenoxy) is 1. The fraction of sp³-hybridized carbons (Fsp3) is 0.250. The maximum absolute atomic E-state index is 14.3. The molecular weight excluding hydrogens is 478 g/mol. The van der Waals surface area contributed by atoms with Gasteiger partial charge < -0.3 is 15.2 Å². The van der Waals surface area contributed by atoms with Gasteiger partial charge >= 0.3 is 12.1 Å². The van der Waals surface area contributed by atoms with Gasteiger partial charge in [-0.3, -0.25) is 4.79 Å². The van der Waals surface area contributed by atoms with Gasteiger partial charge in [0, 0.05) is 21.4 Å². The van der Waals surface area contributed by atoms with Gasteiger partial charge in [-0.1, -0.05) is 48.9 Å². The van der Waals surface area contributed by atoms with E-state index in [2.05, 4.69) is 5.32 Å². The number of halogens is 5. The largest absolute Gasteiger partial charge is 0.487 e. The summed E-state index contributed by atoms with van der Waals surface area (Å²) in [5.41, 5.74) is -2.98. The second-order valence-corrected chi connectivity index (χ2v) is 8.23. The third-order valence-corrected chi connectivity index (χ3v) is 5.82. The van der Waals surface area contributed by atoms with Gasteiger partial charge in [0.05, 0.1) is 11.1 Å². The summed E-state index contributed by atoms with van der Waals surface area (Å²) in [6, 6.07) is 9.97. The van der Waals surface area contributed by atoms with E-state index in [-0.39, 0.29) is 28.3 Å². The van der Waals surface area contributed by atoms with Crippen LogP contribution in [0.4, 0.5) is 17.6 Å². The van der Waals surface area contributed by atoms with E-state index >= 15 is 0 Å². The third-order valence-electron chi connectivity index (χ3n) is 5.51. The molecule has 3 aromatic carbocycles. The molecule has 0 aliphatic heterocycles. The van der Waals surface area contributed by atoms with Crippen molar-refractivity contribution < 1.29 is 37.0 Å². The van der Waals surface area contributed by atoms with E-state index in [9.17, 15) is 32.3 Å². The Hall–Kier alpha value is -3.33. The number of carbonyl (C=O) groups is 2. The lowest BCUT2D eigenvalue weighted by Gasteiger charge is -2.25. The quantitative estimate of drug-likeness (QED) is 0.380. The van der Waals surface area contributed by atoms with Crippen LogP contribution in [-0.4, -0.2) is 22.5 Å². The van der Waals surface area contributed by atoms with Crippen molar-refractivity contribution >= 4 is 34.2 Å². The SMILES string of the molecule is CCC(C)(NC(=O)c1cc(Cl)c2ccccc2c1OCc1ccc(C(F)(F)F)cc1F)C(=O)O. The molecule has 1 amide bonds. The average molecular weight is 498 g/mol. The second-order valence-electron chi connectivity index (χ2n) is 7.82. The van der Waals surface area contributed by atoms with Crippen molar-refractivity contribution in [3.63, 3.8) is 0 Å². The molecular formula is C24H20ClF4NO4. The number of rotatable bonds is 7. The van der Waals surface area contributed by atoms with E-state index in [0.717, 1.165) is 12.1 Å². The van der Waals surface area contributed by atoms with Gasteiger partial charge in [-0.05, 0) is 31.5 Å². The zero-order valence-corrected chi connectivity index (χ0v) is 18.9. The fourth-order valence-electron chi connectivity index (χ4n) is 3.23. The first-order chi connectivity index (χ1) is 15.9. The molecule has 0 spiro atoms. The Morgan fingerprint density at radius 3 is 2.29 bits per heavy atom. The monoisotopic (exact) mass is 497 g/mol. The fourth-order valence-corrected chi connectivity index (χ4v) is 3.50. The molecule has 0 aliphatic carbocycles. The van der Waals surface area contributed by atoms with E-state index in [1.54, 1.807) is 31.2 Å². The highest BCUT2D eigenvalue weighted by Crippen LogP contribution is 2.37. The minimum Gasteiger partial charge on any atom is -0.487 e. The Balaban J connectivity index is 2.03. The summed E-state index contributed by atoms with van der Waals surface area (Å²) >= 11 is 6.33. The molecule has 0 bridgehead atoms. The molecule has 5 nitrogen and oxygen atoms in total. The zero-order valence-electron chi connectivity index (χ0n) is 18.1. The number of aliphatic carboxylic acids is 1. The highest BCUT2D eigenvalue weighted by Gasteiger charge is 2.34. The average Bonchev–Trinajstić information content (AvgIpc) is 2.78. The normalized spacial score (nSPS) is 13.4. The van der Waals surface area contributed by atoms with E-state index in [1.807, 2.05) is 0 Å². The molecule has 0 saturated heterocycles. The van der Waals surface area contributed by atoms with Gasteiger partial charge in [0.25, 0.3) is 5.91 Å². The van der Waals surface area contributed by atoms with Gasteiger partial charge in [0.15, 0.2) is 0 Å². The van der Waals surface area contributed by atoms with Crippen LogP contribution in [-0.2, 0) is 17.6 Å². The predicted octanol–water partition coefficient (Wildman–Crippen LogP) is 6.21. The summed E-state index contributed by atoms with van der Waals surface area (Å²) in [5, 5.41) is 13.0. The number of fused-ring (bicyclic) bond motifs is 1. The molecule has 3 rings (SSSR count). The first-order valence-electron chi connectivity index (χ1n) is 10.1. The van der Waals surface area contributed by atoms with E-state index in [4.69, 9.17) is 16.3 Å². The zero-order chi connectivity index (χ0) is 25.3. The number of hydrogen-bond donors (Lipinski definition) is 2. The Labute approximate surface area is 197 Å². The lowest BCUT2D eigenvalue weighted by molar-refractivity contribution is -0.144. The molecule has 2 N–H and O–H groups in total. The van der Waals surface area contributed by atoms with Crippen LogP contribution in [0.2, 0.25) is 5.02 Å². The van der Waals surface area contributed by atoms with Gasteiger partial charge in [-0.2, -0.15) is 13.2 Å². The number of alkyl halides is 3. The van der Waals surface area contributed by atoms with Gasteiger partial charge in [-0.15, -0.1) is 0 Å². The molecule has 0 aliphatic rings. The number of nitrogens with one attached hydrogen (secondary N) is 1. The minimum absolute atomic E-state index is 0.0133. The van der Waals surface area contributed by atoms with Crippen molar-refractivity contribution in [1.82, 2.24) is 5.32 Å². The molecule has 0 radical (unpaired) electrons. The first-order valence-corrected chi connectivity index (χ1v) is 10.5. The van der Waals surface area contributed by atoms with E-state index < -0.39 is 41.6 Å². The van der Waals surface area contributed by atoms with Crippen LogP contribution in [0.15, 0.2) is 48.5 Å². The maximum atomic E-state index is 14.3. The van der Waals surface area contributed by atoms with Crippen LogP contribution in [0.3, 0.4) is 0 Å². The van der Waals surface area contributed by atoms with Crippen LogP contribution >= 0.6 is 11.6 Å². The smallest absolute Gasteiger partial charge is 0.416 e. The van der Waals surface area contributed by atoms with Crippen molar-refractivity contribution in [2.24, 2.45) is 0 Å². The topological polar surface area (TPSA) is 75.6 Å². The van der Waals surface area contributed by atoms with Crippen LogP contribution in [0.25, 0.3) is 10.8 Å². The van der Waals surface area contributed by atoms with Crippen LogP contribution in [0.5, 0.6) is 5.75 Å². The number of carboxylic acid groups (broad SMARTS) is 1. The highest BCUT2D eigenvalue weighted by molar-refractivity contribution is 6.36. The summed E-state index contributed by atoms with van der Waals surface area (Å²) in [4.78, 5) is 24.7. The molecule has 180 valence electrons. The lowest BCUT2D eigenvalue weighted by Crippen LogP contribution is -2.51. The van der Waals surface area contributed by atoms with Crippen LogP contribution < -0.4 is 10.1 Å². The molecule has 10 heteroatoms. The Bertz CT molecular complexity index is 1260. The summed E-state index contributed by atoms with van der Waals surface area (Å²) in [7, 11) is 0. The molecule has 1 atom stereocenters. The van der Waals surface area contributed by atoms with Crippen molar-refractivity contribution in [2.75, 3.05) is 0 Å². The number of amides is 1. The van der Waals surface area contributed by atoms with E-state index in [0.29, 0.717) is 16.8 Å². The molecule has 34 heavy (non-hydrogen) atoms. The summed E-state index contributed by atoms with van der Waals surface area (Å²) in [5.74, 6) is -3.17. The van der Waals surface area contributed by atoms with Crippen molar-refractivity contribution in [3.05, 3.63) is 76.1 Å². The number of carboxylic acids is 1. The minimum atomic E-state index is -4.70. The third kappa shape index (κ3) is 5.09. The van der Waals surface area contributed by atoms with Gasteiger partial charge in [0.2, 0.25) is 0 Å². The molecule has 1 unspecified atom stereocenters. The molecule has 0 aromatic heterocycles. The second kappa shape index (κ2) is 9.50. The highest BCUT2D eigenvalue weighted by atomic mass is 35.5. The van der Waals surface area contributed by atoms with Crippen LogP contribution in [0, 0.1) is 5.82 Å².